The first-order chi connectivity index (χ1) is 21.7. The Morgan fingerprint density at radius 1 is 1.09 bits per heavy atom. The van der Waals surface area contributed by atoms with Gasteiger partial charge in [-0.15, -0.1) is 11.8 Å². The average Bonchev–Trinajstić information content (AvgIpc) is 3.34. The number of ketones is 2. The highest BCUT2D eigenvalue weighted by atomic mass is 32.2. The molecule has 1 aromatic heterocycles. The topological polar surface area (TPSA) is 98.9 Å². The van der Waals surface area contributed by atoms with Crippen LogP contribution in [0.5, 0.6) is 0 Å². The minimum absolute atomic E-state index is 0.0600. The van der Waals surface area contributed by atoms with E-state index in [1.165, 1.54) is 50.1 Å². The Morgan fingerprint density at radius 3 is 2.64 bits per heavy atom. The molecule has 2 aromatic carbocycles. The van der Waals surface area contributed by atoms with Crippen LogP contribution in [0.25, 0.3) is 17.0 Å². The van der Waals surface area contributed by atoms with Gasteiger partial charge in [0.15, 0.2) is 18.5 Å². The third kappa shape index (κ3) is 6.30. The number of fused-ring (bicyclic) bond motifs is 3. The highest BCUT2D eigenvalue weighted by Crippen LogP contribution is 2.46. The number of pyridine rings is 1. The van der Waals surface area contributed by atoms with E-state index in [-0.39, 0.29) is 42.1 Å². The molecule has 3 aromatic rings. The quantitative estimate of drug-likeness (QED) is 0.115. The van der Waals surface area contributed by atoms with Crippen LogP contribution in [0.1, 0.15) is 31.7 Å². The second kappa shape index (κ2) is 13.4. The molecular formula is C34H34N3O5S3+. The Bertz CT molecular complexity index is 1770. The van der Waals surface area contributed by atoms with Gasteiger partial charge in [-0.25, -0.2) is 0 Å². The molecule has 1 saturated heterocycles. The van der Waals surface area contributed by atoms with E-state index in [4.69, 9.17) is 5.11 Å². The Labute approximate surface area is 274 Å². The monoisotopic (exact) mass is 660 g/mol. The van der Waals surface area contributed by atoms with Gasteiger partial charge in [-0.05, 0) is 41.8 Å². The molecule has 232 valence electrons. The van der Waals surface area contributed by atoms with E-state index < -0.39 is 11.9 Å². The van der Waals surface area contributed by atoms with Crippen LogP contribution in [0.3, 0.4) is 0 Å². The Kier molecular flexibility index (Phi) is 9.39. The molecule has 6 rings (SSSR count). The number of aryl methyl sites for hydroxylation is 1. The van der Waals surface area contributed by atoms with Crippen LogP contribution < -0.4 is 9.47 Å². The first-order valence-electron chi connectivity index (χ1n) is 14.9. The summed E-state index contributed by atoms with van der Waals surface area (Å²) in [5.74, 6) is -0.457. The number of benzene rings is 2. The summed E-state index contributed by atoms with van der Waals surface area (Å²) in [6.45, 7) is 2.26. The number of carboxylic acid groups (broad SMARTS) is 1. The molecular weight excluding hydrogens is 627 g/mol. The van der Waals surface area contributed by atoms with E-state index in [0.29, 0.717) is 17.2 Å². The lowest BCUT2D eigenvalue weighted by atomic mass is 9.88. The van der Waals surface area contributed by atoms with E-state index in [1.54, 1.807) is 23.5 Å². The zero-order valence-corrected chi connectivity index (χ0v) is 27.6. The van der Waals surface area contributed by atoms with Crippen molar-refractivity contribution in [2.75, 3.05) is 29.2 Å². The lowest BCUT2D eigenvalue weighted by Crippen LogP contribution is -2.63. The molecule has 8 nitrogen and oxygen atoms in total. The predicted molar refractivity (Wildman–Crippen MR) is 181 cm³/mol. The highest BCUT2D eigenvalue weighted by Gasteiger charge is 2.55. The number of anilines is 1. The third-order valence-electron chi connectivity index (χ3n) is 8.30. The van der Waals surface area contributed by atoms with Gasteiger partial charge in [0.25, 0.3) is 0 Å². The minimum Gasteiger partial charge on any atom is -0.481 e. The number of hydrogen-bond acceptors (Lipinski definition) is 8. The Hall–Kier alpha value is -3.54. The van der Waals surface area contributed by atoms with Gasteiger partial charge in [0, 0.05) is 55.3 Å². The summed E-state index contributed by atoms with van der Waals surface area (Å²) in [7, 11) is 2.10. The van der Waals surface area contributed by atoms with Crippen molar-refractivity contribution >= 4 is 81.4 Å². The first-order valence-corrected chi connectivity index (χ1v) is 17.9. The normalized spacial score (nSPS) is 20.0. The van der Waals surface area contributed by atoms with E-state index in [1.807, 2.05) is 0 Å². The average molecular weight is 661 g/mol. The molecule has 4 heterocycles. The van der Waals surface area contributed by atoms with Crippen LogP contribution >= 0.6 is 35.3 Å². The lowest BCUT2D eigenvalue weighted by Gasteiger charge is -2.49. The molecule has 0 spiro atoms. The smallest absolute Gasteiger partial charge is 0.303 e. The summed E-state index contributed by atoms with van der Waals surface area (Å²) in [6.07, 6.45) is 4.56. The minimum atomic E-state index is -0.959. The second-order valence-electron chi connectivity index (χ2n) is 11.3. The van der Waals surface area contributed by atoms with Crippen LogP contribution in [0.15, 0.2) is 82.0 Å². The number of Topliss-reactive ketones (excluding diaryl/α,β-unsaturated/α-hetero) is 2. The van der Waals surface area contributed by atoms with Crippen LogP contribution in [-0.2, 0) is 25.7 Å². The molecule has 2 unspecified atom stereocenters. The van der Waals surface area contributed by atoms with Crippen molar-refractivity contribution in [3.05, 3.63) is 82.7 Å². The SMILES string of the molecule is CC(=O)C1=C(CSCC[n+]2ccc(C=C3Sc4ccccc4N3C)c3ccccc32)CSC2C(C(=O)CCCC(=O)O)C(=O)N12. The van der Waals surface area contributed by atoms with Crippen molar-refractivity contribution in [1.82, 2.24) is 4.90 Å². The number of carboxylic acids is 1. The maximum absolute atomic E-state index is 13.0. The largest absolute Gasteiger partial charge is 0.481 e. The fourth-order valence-electron chi connectivity index (χ4n) is 6.06. The maximum Gasteiger partial charge on any atom is 0.303 e. The number of carbonyl (C=O) groups excluding carboxylic acids is 3. The van der Waals surface area contributed by atoms with Crippen molar-refractivity contribution in [1.29, 1.82) is 0 Å². The number of nitrogens with zero attached hydrogens (tertiary/aromatic N) is 3. The Morgan fingerprint density at radius 2 is 1.87 bits per heavy atom. The molecule has 11 heteroatoms. The molecule has 0 aliphatic carbocycles. The number of carbonyl (C=O) groups is 4. The van der Waals surface area contributed by atoms with Crippen molar-refractivity contribution in [3.8, 4) is 0 Å². The number of aliphatic carboxylic acids is 1. The maximum atomic E-state index is 13.0. The first kappa shape index (κ1) is 31.4. The number of β-lactam (4-membered cyclic amide) rings is 1. The summed E-state index contributed by atoms with van der Waals surface area (Å²) in [5.41, 5.74) is 4.89. The number of allylic oxidation sites excluding steroid dienone is 1. The molecule has 2 atom stereocenters. The molecule has 0 saturated carbocycles. The molecule has 1 N–H and O–H groups in total. The highest BCUT2D eigenvalue weighted by molar-refractivity contribution is 8.04. The number of amides is 1. The van der Waals surface area contributed by atoms with Gasteiger partial charge < -0.3 is 10.0 Å². The molecule has 1 fully saturated rings. The van der Waals surface area contributed by atoms with Gasteiger partial charge in [0.05, 0.1) is 27.6 Å². The van der Waals surface area contributed by atoms with Crippen LogP contribution in [-0.4, -0.2) is 63.1 Å². The zero-order valence-electron chi connectivity index (χ0n) is 25.1. The van der Waals surface area contributed by atoms with E-state index in [0.717, 1.165) is 23.4 Å². The van der Waals surface area contributed by atoms with Gasteiger partial charge >= 0.3 is 5.97 Å². The van der Waals surface area contributed by atoms with Gasteiger partial charge in [-0.1, -0.05) is 36.0 Å². The van der Waals surface area contributed by atoms with Gasteiger partial charge in [0.2, 0.25) is 11.4 Å². The number of rotatable bonds is 12. The van der Waals surface area contributed by atoms with Crippen LogP contribution in [0, 0.1) is 5.92 Å². The lowest BCUT2D eigenvalue weighted by molar-refractivity contribution is -0.666. The molecule has 3 aliphatic heterocycles. The summed E-state index contributed by atoms with van der Waals surface area (Å²) in [4.78, 5) is 54.2. The Balaban J connectivity index is 1.11. The van der Waals surface area contributed by atoms with Crippen molar-refractivity contribution in [2.24, 2.45) is 5.92 Å². The van der Waals surface area contributed by atoms with Gasteiger partial charge in [0.1, 0.15) is 17.1 Å². The number of para-hydroxylation sites is 2. The zero-order chi connectivity index (χ0) is 31.7. The third-order valence-corrected chi connectivity index (χ3v) is 11.8. The standard InChI is InChI=1S/C34H33N3O5S3/c1-21(38)32-23(20-44-34-31(33(42)37(32)34)27(39)11-7-13-30(40)41)19-43-17-16-36-15-14-22(24-8-3-4-9-25(24)36)18-29-35(2)26-10-5-6-12-28(26)45-29/h3-6,8-10,12,14-15,18,31,34H,7,11,13,16-17,19-20H2,1-2H3/p+1. The van der Waals surface area contributed by atoms with E-state index in [2.05, 4.69) is 83.4 Å². The molecule has 0 bridgehead atoms. The van der Waals surface area contributed by atoms with Crippen LogP contribution in [0.4, 0.5) is 5.69 Å². The fraction of sp³-hybridized carbons (Fsp3) is 0.324. The van der Waals surface area contributed by atoms with Crippen molar-refractivity contribution < 1.29 is 28.9 Å². The second-order valence-corrected chi connectivity index (χ2v) is 14.5. The summed E-state index contributed by atoms with van der Waals surface area (Å²) >= 11 is 5.03. The summed E-state index contributed by atoms with van der Waals surface area (Å²) < 4.78 is 2.26. The van der Waals surface area contributed by atoms with E-state index in [9.17, 15) is 19.2 Å². The molecule has 1 amide bonds. The molecule has 0 radical (unpaired) electrons. The number of aromatic nitrogens is 1. The van der Waals surface area contributed by atoms with E-state index >= 15 is 0 Å². The number of hydrogen-bond donors (Lipinski definition) is 1. The predicted octanol–water partition coefficient (Wildman–Crippen LogP) is 5.60. The number of thioether (sulfide) groups is 3. The molecule has 45 heavy (non-hydrogen) atoms. The summed E-state index contributed by atoms with van der Waals surface area (Å²) in [5, 5.41) is 10.8. The van der Waals surface area contributed by atoms with Crippen molar-refractivity contribution in [2.45, 2.75) is 43.0 Å². The molecule has 3 aliphatic rings. The van der Waals surface area contributed by atoms with Gasteiger partial charge in [-0.2, -0.15) is 16.3 Å². The fourth-order valence-corrected chi connectivity index (χ4v) is 9.68. The summed E-state index contributed by atoms with van der Waals surface area (Å²) in [6, 6.07) is 19.0. The van der Waals surface area contributed by atoms with Crippen LogP contribution in [0.2, 0.25) is 0 Å². The van der Waals surface area contributed by atoms with Crippen molar-refractivity contribution in [3.63, 3.8) is 0 Å². The van der Waals surface area contributed by atoms with Gasteiger partial charge in [-0.3, -0.25) is 24.1 Å².